The maximum atomic E-state index is 10.6. The van der Waals surface area contributed by atoms with Crippen molar-refractivity contribution in [3.05, 3.63) is 28.4 Å². The van der Waals surface area contributed by atoms with Crippen LogP contribution in [0, 0.1) is 0 Å². The van der Waals surface area contributed by atoms with Crippen molar-refractivity contribution in [3.8, 4) is 0 Å². The number of nitrogens with zero attached hydrogens (tertiary/aromatic N) is 1. The van der Waals surface area contributed by atoms with E-state index in [4.69, 9.17) is 0 Å². The quantitative estimate of drug-likeness (QED) is 0.650. The van der Waals surface area contributed by atoms with Crippen molar-refractivity contribution >= 4 is 0 Å². The lowest BCUT2D eigenvalue weighted by atomic mass is 9.83. The zero-order valence-corrected chi connectivity index (χ0v) is 6.21. The van der Waals surface area contributed by atoms with Crippen molar-refractivity contribution in [3.63, 3.8) is 0 Å². The van der Waals surface area contributed by atoms with Crippen molar-refractivity contribution in [2.45, 2.75) is 25.2 Å². The van der Waals surface area contributed by atoms with E-state index in [1.165, 1.54) is 25.5 Å². The number of hydrogen-bond acceptors (Lipinski definition) is 2. The molecule has 0 aromatic carbocycles. The summed E-state index contributed by atoms with van der Waals surface area (Å²) in [6, 6.07) is 0. The van der Waals surface area contributed by atoms with Crippen LogP contribution in [0.3, 0.4) is 0 Å². The van der Waals surface area contributed by atoms with Gasteiger partial charge < -0.3 is 4.98 Å². The molecule has 0 bridgehead atoms. The molecule has 1 N–H and O–H groups in total. The number of aromatic amines is 1. The Labute approximate surface area is 64.5 Å². The summed E-state index contributed by atoms with van der Waals surface area (Å²) in [5.74, 6) is 0.604. The molecule has 1 aliphatic rings. The highest BCUT2D eigenvalue weighted by Crippen LogP contribution is 2.34. The van der Waals surface area contributed by atoms with Crippen molar-refractivity contribution in [1.82, 2.24) is 9.97 Å². The number of H-pyrrole nitrogens is 1. The molecule has 0 radical (unpaired) electrons. The van der Waals surface area contributed by atoms with Crippen LogP contribution < -0.4 is 5.56 Å². The highest BCUT2D eigenvalue weighted by Gasteiger charge is 2.20. The summed E-state index contributed by atoms with van der Waals surface area (Å²) in [5.41, 5.74) is 0.920. The van der Waals surface area contributed by atoms with Crippen LogP contribution in [0.4, 0.5) is 0 Å². The second-order valence-corrected chi connectivity index (χ2v) is 2.96. The molecule has 0 aliphatic heterocycles. The van der Waals surface area contributed by atoms with Crippen molar-refractivity contribution < 1.29 is 0 Å². The minimum atomic E-state index is -0.118. The third-order valence-electron chi connectivity index (χ3n) is 2.22. The topological polar surface area (TPSA) is 45.8 Å². The maximum absolute atomic E-state index is 10.6. The molecule has 1 heterocycles. The van der Waals surface area contributed by atoms with E-state index in [9.17, 15) is 4.79 Å². The van der Waals surface area contributed by atoms with Crippen LogP contribution in [0.25, 0.3) is 0 Å². The predicted octanol–water partition coefficient (Wildman–Crippen LogP) is 1.04. The molecule has 0 atom stereocenters. The normalized spacial score (nSPS) is 17.8. The van der Waals surface area contributed by atoms with E-state index in [2.05, 4.69) is 9.97 Å². The Hall–Kier alpha value is -1.12. The third kappa shape index (κ3) is 1.18. The summed E-state index contributed by atoms with van der Waals surface area (Å²) in [7, 11) is 0. The summed E-state index contributed by atoms with van der Waals surface area (Å²) >= 11 is 0. The molecule has 11 heavy (non-hydrogen) atoms. The molecule has 0 spiro atoms. The van der Waals surface area contributed by atoms with E-state index in [0.717, 1.165) is 5.69 Å². The summed E-state index contributed by atoms with van der Waals surface area (Å²) in [5, 5.41) is 0. The Morgan fingerprint density at radius 3 is 2.82 bits per heavy atom. The molecule has 1 aliphatic carbocycles. The van der Waals surface area contributed by atoms with Crippen LogP contribution in [0.15, 0.2) is 17.2 Å². The Bertz CT molecular complexity index is 281. The first kappa shape index (κ1) is 6.58. The molecule has 3 nitrogen and oxygen atoms in total. The molecule has 1 aromatic heterocycles. The van der Waals surface area contributed by atoms with Crippen LogP contribution >= 0.6 is 0 Å². The fourth-order valence-corrected chi connectivity index (χ4v) is 1.28. The van der Waals surface area contributed by atoms with E-state index >= 15 is 0 Å². The van der Waals surface area contributed by atoms with Gasteiger partial charge >= 0.3 is 0 Å². The first-order chi connectivity index (χ1) is 5.36. The van der Waals surface area contributed by atoms with Gasteiger partial charge in [0.2, 0.25) is 0 Å². The average molecular weight is 150 g/mol. The molecule has 0 unspecified atom stereocenters. The predicted molar refractivity (Wildman–Crippen MR) is 41.4 cm³/mol. The molecule has 58 valence electrons. The van der Waals surface area contributed by atoms with Crippen LogP contribution in [-0.2, 0) is 0 Å². The Balaban J connectivity index is 2.25. The standard InChI is InChI=1S/C8H10N2O/c11-8-5-9-7(4-10-8)6-2-1-3-6/h4-6H,1-3H2,(H,10,11). The minimum Gasteiger partial charge on any atom is -0.326 e. The zero-order chi connectivity index (χ0) is 7.68. The van der Waals surface area contributed by atoms with Gasteiger partial charge in [-0.3, -0.25) is 9.78 Å². The summed E-state index contributed by atoms with van der Waals surface area (Å²) in [6.07, 6.45) is 6.82. The lowest BCUT2D eigenvalue weighted by Gasteiger charge is -2.23. The van der Waals surface area contributed by atoms with Crippen molar-refractivity contribution in [2.24, 2.45) is 0 Å². The third-order valence-corrected chi connectivity index (χ3v) is 2.22. The van der Waals surface area contributed by atoms with Gasteiger partial charge in [-0.05, 0) is 12.8 Å². The summed E-state index contributed by atoms with van der Waals surface area (Å²) < 4.78 is 0. The lowest BCUT2D eigenvalue weighted by molar-refractivity contribution is 0.410. The molecule has 0 saturated heterocycles. The lowest BCUT2D eigenvalue weighted by Crippen LogP contribution is -2.14. The van der Waals surface area contributed by atoms with Gasteiger partial charge in [0.1, 0.15) is 0 Å². The van der Waals surface area contributed by atoms with E-state index in [1.807, 2.05) is 0 Å². The first-order valence-corrected chi connectivity index (χ1v) is 3.91. The van der Waals surface area contributed by atoms with Gasteiger partial charge in [0.05, 0.1) is 11.9 Å². The molecule has 2 rings (SSSR count). The summed E-state index contributed by atoms with van der Waals surface area (Å²) in [4.78, 5) is 17.3. The molecule has 1 saturated carbocycles. The van der Waals surface area contributed by atoms with E-state index in [-0.39, 0.29) is 5.56 Å². The van der Waals surface area contributed by atoms with Gasteiger partial charge in [0, 0.05) is 12.1 Å². The second-order valence-electron chi connectivity index (χ2n) is 2.96. The number of aromatic nitrogens is 2. The zero-order valence-electron chi connectivity index (χ0n) is 6.21. The van der Waals surface area contributed by atoms with Crippen LogP contribution in [-0.4, -0.2) is 9.97 Å². The highest BCUT2D eigenvalue weighted by atomic mass is 16.1. The van der Waals surface area contributed by atoms with Gasteiger partial charge in [-0.2, -0.15) is 0 Å². The Morgan fingerprint density at radius 2 is 2.36 bits per heavy atom. The molecule has 0 amide bonds. The van der Waals surface area contributed by atoms with Gasteiger partial charge in [-0.1, -0.05) is 6.42 Å². The molecule has 1 aromatic rings. The van der Waals surface area contributed by atoms with Gasteiger partial charge in [-0.25, -0.2) is 0 Å². The van der Waals surface area contributed by atoms with E-state index < -0.39 is 0 Å². The van der Waals surface area contributed by atoms with E-state index in [0.29, 0.717) is 5.92 Å². The second kappa shape index (κ2) is 2.49. The van der Waals surface area contributed by atoms with Crippen LogP contribution in [0.1, 0.15) is 30.9 Å². The van der Waals surface area contributed by atoms with Crippen molar-refractivity contribution in [1.29, 1.82) is 0 Å². The largest absolute Gasteiger partial charge is 0.326 e. The smallest absolute Gasteiger partial charge is 0.266 e. The Kier molecular flexibility index (Phi) is 1.49. The molecular formula is C8H10N2O. The van der Waals surface area contributed by atoms with Gasteiger partial charge in [-0.15, -0.1) is 0 Å². The SMILES string of the molecule is O=c1cnc(C2CCC2)c[nH]1. The fraction of sp³-hybridized carbons (Fsp3) is 0.500. The molecule has 3 heteroatoms. The fourth-order valence-electron chi connectivity index (χ4n) is 1.28. The van der Waals surface area contributed by atoms with Gasteiger partial charge in [0.15, 0.2) is 0 Å². The molecule has 1 fully saturated rings. The number of hydrogen-bond donors (Lipinski definition) is 1. The minimum absolute atomic E-state index is 0.118. The highest BCUT2D eigenvalue weighted by molar-refractivity contribution is 5.06. The number of rotatable bonds is 1. The van der Waals surface area contributed by atoms with E-state index in [1.54, 1.807) is 6.20 Å². The monoisotopic (exact) mass is 150 g/mol. The van der Waals surface area contributed by atoms with Crippen molar-refractivity contribution in [2.75, 3.05) is 0 Å². The molecular weight excluding hydrogens is 140 g/mol. The van der Waals surface area contributed by atoms with Crippen LogP contribution in [0.5, 0.6) is 0 Å². The van der Waals surface area contributed by atoms with Gasteiger partial charge in [0.25, 0.3) is 5.56 Å². The Morgan fingerprint density at radius 1 is 1.55 bits per heavy atom. The first-order valence-electron chi connectivity index (χ1n) is 3.91. The van der Waals surface area contributed by atoms with Crippen LogP contribution in [0.2, 0.25) is 0 Å². The average Bonchev–Trinajstić information content (AvgIpc) is 1.90. The maximum Gasteiger partial charge on any atom is 0.266 e. The number of nitrogens with one attached hydrogen (secondary N) is 1. The summed E-state index contributed by atoms with van der Waals surface area (Å²) in [6.45, 7) is 0.